The van der Waals surface area contributed by atoms with E-state index < -0.39 is 5.60 Å². The molecule has 0 saturated heterocycles. The van der Waals surface area contributed by atoms with Gasteiger partial charge in [0.05, 0.1) is 0 Å². The van der Waals surface area contributed by atoms with Gasteiger partial charge < -0.3 is 4.74 Å². The third-order valence-electron chi connectivity index (χ3n) is 3.76. The van der Waals surface area contributed by atoms with E-state index in [-0.39, 0.29) is 11.6 Å². The fraction of sp³-hybridized carbons (Fsp3) is 0.263. The van der Waals surface area contributed by atoms with Crippen LogP contribution in [0.1, 0.15) is 40.5 Å². The number of carbonyl (C=O) groups excluding carboxylic acids is 2. The van der Waals surface area contributed by atoms with Crippen LogP contribution in [-0.4, -0.2) is 24.3 Å². The molecule has 0 N–H and O–H groups in total. The highest BCUT2D eigenvalue weighted by Gasteiger charge is 2.45. The predicted molar refractivity (Wildman–Crippen MR) is 86.2 cm³/mol. The van der Waals surface area contributed by atoms with Gasteiger partial charge in [-0.3, -0.25) is 9.59 Å². The van der Waals surface area contributed by atoms with Crippen molar-refractivity contribution >= 4 is 11.6 Å². The molecule has 0 unspecified atom stereocenters. The first-order valence-electron chi connectivity index (χ1n) is 7.40. The number of carbonyl (C=O) groups is 2. The monoisotopic (exact) mass is 296 g/mol. The van der Waals surface area contributed by atoms with Crippen molar-refractivity contribution in [3.05, 3.63) is 71.8 Å². The maximum atomic E-state index is 13.0. The van der Waals surface area contributed by atoms with Gasteiger partial charge in [-0.2, -0.15) is 0 Å². The number of Topliss-reactive ketones (excluding diaryl/α,β-unsaturated/α-hetero) is 2. The van der Waals surface area contributed by atoms with Crippen LogP contribution in [0.2, 0.25) is 0 Å². The van der Waals surface area contributed by atoms with E-state index in [2.05, 4.69) is 0 Å². The Kier molecular flexibility index (Phi) is 5.23. The van der Waals surface area contributed by atoms with E-state index in [1.807, 2.05) is 19.1 Å². The van der Waals surface area contributed by atoms with Crippen molar-refractivity contribution in [1.82, 2.24) is 0 Å². The van der Waals surface area contributed by atoms with Crippen LogP contribution in [0.5, 0.6) is 0 Å². The number of rotatable bonds is 7. The highest BCUT2D eigenvalue weighted by atomic mass is 16.5. The van der Waals surface area contributed by atoms with Gasteiger partial charge in [0.2, 0.25) is 11.6 Å². The molecule has 22 heavy (non-hydrogen) atoms. The summed E-state index contributed by atoms with van der Waals surface area (Å²) in [6.07, 6.45) is 1.02. The molecule has 0 radical (unpaired) electrons. The van der Waals surface area contributed by atoms with Gasteiger partial charge in [0.25, 0.3) is 0 Å². The Morgan fingerprint density at radius 1 is 0.864 bits per heavy atom. The maximum Gasteiger partial charge on any atom is 0.202 e. The second kappa shape index (κ2) is 7.14. The molecule has 0 atom stereocenters. The van der Waals surface area contributed by atoms with Crippen molar-refractivity contribution < 1.29 is 14.3 Å². The van der Waals surface area contributed by atoms with Gasteiger partial charge >= 0.3 is 0 Å². The highest BCUT2D eigenvalue weighted by Crippen LogP contribution is 2.28. The minimum atomic E-state index is -1.46. The van der Waals surface area contributed by atoms with Gasteiger partial charge in [-0.15, -0.1) is 0 Å². The Bertz CT molecular complexity index is 581. The zero-order chi connectivity index (χ0) is 16.0. The van der Waals surface area contributed by atoms with Crippen LogP contribution < -0.4 is 0 Å². The van der Waals surface area contributed by atoms with Crippen molar-refractivity contribution in [2.24, 2.45) is 0 Å². The molecule has 0 amide bonds. The molecule has 0 aliphatic carbocycles. The topological polar surface area (TPSA) is 43.4 Å². The SMILES string of the molecule is CCCC(OC)(C(=O)c1ccccc1)C(=O)c1ccccc1. The lowest BCUT2D eigenvalue weighted by Crippen LogP contribution is -2.48. The average molecular weight is 296 g/mol. The quantitative estimate of drug-likeness (QED) is 0.574. The Hall–Kier alpha value is -2.26. The van der Waals surface area contributed by atoms with E-state index in [0.29, 0.717) is 24.0 Å². The highest BCUT2D eigenvalue weighted by molar-refractivity contribution is 6.22. The lowest BCUT2D eigenvalue weighted by molar-refractivity contribution is 0.00440. The van der Waals surface area contributed by atoms with E-state index in [4.69, 9.17) is 4.74 Å². The molecule has 0 heterocycles. The lowest BCUT2D eigenvalue weighted by atomic mass is 9.82. The Labute approximate surface area is 130 Å². The van der Waals surface area contributed by atoms with Gasteiger partial charge in [0, 0.05) is 18.2 Å². The van der Waals surface area contributed by atoms with Crippen LogP contribution in [0, 0.1) is 0 Å². The van der Waals surface area contributed by atoms with Crippen molar-refractivity contribution in [3.8, 4) is 0 Å². The van der Waals surface area contributed by atoms with Gasteiger partial charge in [-0.1, -0.05) is 74.0 Å². The van der Waals surface area contributed by atoms with Crippen LogP contribution >= 0.6 is 0 Å². The number of methoxy groups -OCH3 is 1. The number of ketones is 2. The number of hydrogen-bond donors (Lipinski definition) is 0. The first-order chi connectivity index (χ1) is 10.7. The van der Waals surface area contributed by atoms with Crippen molar-refractivity contribution in [2.75, 3.05) is 7.11 Å². The molecule has 3 nitrogen and oxygen atoms in total. The van der Waals surface area contributed by atoms with Gasteiger partial charge in [0.15, 0.2) is 5.60 Å². The molecular formula is C19H20O3. The molecule has 2 rings (SSSR count). The summed E-state index contributed by atoms with van der Waals surface area (Å²) in [6.45, 7) is 1.93. The maximum absolute atomic E-state index is 13.0. The largest absolute Gasteiger partial charge is 0.362 e. The zero-order valence-corrected chi connectivity index (χ0v) is 12.9. The molecule has 114 valence electrons. The van der Waals surface area contributed by atoms with Crippen LogP contribution in [0.4, 0.5) is 0 Å². The number of ether oxygens (including phenoxy) is 1. The summed E-state index contributed by atoms with van der Waals surface area (Å²) >= 11 is 0. The molecule has 0 fully saturated rings. The first-order valence-corrected chi connectivity index (χ1v) is 7.40. The summed E-state index contributed by atoms with van der Waals surface area (Å²) in [4.78, 5) is 25.9. The molecule has 0 aliphatic rings. The fourth-order valence-electron chi connectivity index (χ4n) is 2.62. The predicted octanol–water partition coefficient (Wildman–Crippen LogP) is 3.94. The van der Waals surface area contributed by atoms with E-state index in [0.717, 1.165) is 0 Å². The van der Waals surface area contributed by atoms with E-state index in [9.17, 15) is 9.59 Å². The van der Waals surface area contributed by atoms with Crippen LogP contribution in [0.3, 0.4) is 0 Å². The van der Waals surface area contributed by atoms with E-state index in [1.54, 1.807) is 48.5 Å². The fourth-order valence-corrected chi connectivity index (χ4v) is 2.62. The molecular weight excluding hydrogens is 276 g/mol. The lowest BCUT2D eigenvalue weighted by Gasteiger charge is -2.29. The molecule has 0 spiro atoms. The third-order valence-corrected chi connectivity index (χ3v) is 3.76. The normalized spacial score (nSPS) is 11.2. The molecule has 2 aromatic rings. The first kappa shape index (κ1) is 16.1. The summed E-state index contributed by atoms with van der Waals surface area (Å²) in [7, 11) is 1.43. The van der Waals surface area contributed by atoms with Crippen LogP contribution in [0.15, 0.2) is 60.7 Å². The second-order valence-corrected chi connectivity index (χ2v) is 5.17. The minimum Gasteiger partial charge on any atom is -0.362 e. The second-order valence-electron chi connectivity index (χ2n) is 5.17. The zero-order valence-electron chi connectivity index (χ0n) is 12.9. The van der Waals surface area contributed by atoms with E-state index >= 15 is 0 Å². The number of hydrogen-bond acceptors (Lipinski definition) is 3. The molecule has 2 aromatic carbocycles. The summed E-state index contributed by atoms with van der Waals surface area (Å²) in [5.74, 6) is -0.572. The van der Waals surface area contributed by atoms with Crippen LogP contribution in [-0.2, 0) is 4.74 Å². The standard InChI is InChI=1S/C19H20O3/c1-3-14-19(22-2,17(20)15-10-6-4-7-11-15)18(21)16-12-8-5-9-13-16/h4-13H,3,14H2,1-2H3. The third kappa shape index (κ3) is 3.00. The molecule has 0 aliphatic heterocycles. The Morgan fingerprint density at radius 3 is 1.59 bits per heavy atom. The van der Waals surface area contributed by atoms with E-state index in [1.165, 1.54) is 7.11 Å². The minimum absolute atomic E-state index is 0.286. The summed E-state index contributed by atoms with van der Waals surface area (Å²) < 4.78 is 5.51. The van der Waals surface area contributed by atoms with Gasteiger partial charge in [0.1, 0.15) is 0 Å². The smallest absolute Gasteiger partial charge is 0.202 e. The summed E-state index contributed by atoms with van der Waals surface area (Å²) in [5, 5.41) is 0. The molecule has 0 aromatic heterocycles. The summed E-state index contributed by atoms with van der Waals surface area (Å²) in [6, 6.07) is 17.7. The van der Waals surface area contributed by atoms with Crippen molar-refractivity contribution in [1.29, 1.82) is 0 Å². The number of benzene rings is 2. The molecule has 3 heteroatoms. The molecule has 0 bridgehead atoms. The summed E-state index contributed by atoms with van der Waals surface area (Å²) in [5.41, 5.74) is -0.485. The van der Waals surface area contributed by atoms with Gasteiger partial charge in [-0.25, -0.2) is 0 Å². The molecule has 0 saturated carbocycles. The van der Waals surface area contributed by atoms with Crippen LogP contribution in [0.25, 0.3) is 0 Å². The van der Waals surface area contributed by atoms with Crippen molar-refractivity contribution in [3.63, 3.8) is 0 Å². The average Bonchev–Trinajstić information content (AvgIpc) is 2.60. The Balaban J connectivity index is 2.48. The van der Waals surface area contributed by atoms with Crippen molar-refractivity contribution in [2.45, 2.75) is 25.4 Å². The van der Waals surface area contributed by atoms with Gasteiger partial charge in [-0.05, 0) is 6.42 Å². The Morgan fingerprint density at radius 2 is 1.27 bits per heavy atom.